The highest BCUT2D eigenvalue weighted by Crippen LogP contribution is 2.40. The van der Waals surface area contributed by atoms with Crippen molar-refractivity contribution in [1.29, 1.82) is 0 Å². The lowest BCUT2D eigenvalue weighted by Gasteiger charge is -2.36. The Balaban J connectivity index is 2.16. The van der Waals surface area contributed by atoms with Crippen molar-refractivity contribution in [3.63, 3.8) is 0 Å². The van der Waals surface area contributed by atoms with Crippen molar-refractivity contribution in [3.8, 4) is 5.75 Å². The number of fused-ring (bicyclic) bond motifs is 1. The quantitative estimate of drug-likeness (QED) is 0.805. The van der Waals surface area contributed by atoms with Gasteiger partial charge in [0, 0.05) is 17.1 Å². The summed E-state index contributed by atoms with van der Waals surface area (Å²) >= 11 is 6.15. The molecule has 0 aromatic heterocycles. The predicted molar refractivity (Wildman–Crippen MR) is 93.8 cm³/mol. The second-order valence-electron chi connectivity index (χ2n) is 5.75. The van der Waals surface area contributed by atoms with E-state index in [1.807, 2.05) is 0 Å². The molecule has 1 N–H and O–H groups in total. The van der Waals surface area contributed by atoms with E-state index in [4.69, 9.17) is 16.3 Å². The van der Waals surface area contributed by atoms with Crippen LogP contribution >= 0.6 is 11.6 Å². The summed E-state index contributed by atoms with van der Waals surface area (Å²) in [6.45, 7) is 4.18. The van der Waals surface area contributed by atoms with Crippen LogP contribution in [0.1, 0.15) is 22.7 Å². The summed E-state index contributed by atoms with van der Waals surface area (Å²) in [5.41, 5.74) is 2.15. The van der Waals surface area contributed by atoms with Crippen LogP contribution in [-0.4, -0.2) is 29.3 Å². The molecule has 2 aromatic rings. The van der Waals surface area contributed by atoms with Crippen LogP contribution in [0.3, 0.4) is 0 Å². The Morgan fingerprint density at radius 2 is 2.16 bits per heavy atom. The lowest BCUT2D eigenvalue weighted by Crippen LogP contribution is -2.40. The van der Waals surface area contributed by atoms with Crippen molar-refractivity contribution in [2.45, 2.75) is 12.5 Å². The van der Waals surface area contributed by atoms with Gasteiger partial charge < -0.3 is 9.84 Å². The SMILES string of the molecule is C=CCOc1ccc(Cl)cc1C1c2ccc(F)cc2CCN1C(=O)O. The number of halogens is 2. The molecule has 1 aliphatic heterocycles. The van der Waals surface area contributed by atoms with E-state index in [2.05, 4.69) is 6.58 Å². The Labute approximate surface area is 150 Å². The largest absolute Gasteiger partial charge is 0.489 e. The Kier molecular flexibility index (Phi) is 4.95. The molecule has 0 fully saturated rings. The van der Waals surface area contributed by atoms with E-state index in [9.17, 15) is 14.3 Å². The first kappa shape index (κ1) is 17.3. The number of hydrogen-bond acceptors (Lipinski definition) is 2. The van der Waals surface area contributed by atoms with E-state index >= 15 is 0 Å². The summed E-state index contributed by atoms with van der Waals surface area (Å²) in [4.78, 5) is 13.1. The van der Waals surface area contributed by atoms with Crippen molar-refractivity contribution in [1.82, 2.24) is 4.90 Å². The molecule has 0 bridgehead atoms. The molecule has 4 nitrogen and oxygen atoms in total. The number of rotatable bonds is 4. The van der Waals surface area contributed by atoms with E-state index in [1.165, 1.54) is 17.0 Å². The lowest BCUT2D eigenvalue weighted by atomic mass is 9.88. The lowest BCUT2D eigenvalue weighted by molar-refractivity contribution is 0.128. The zero-order chi connectivity index (χ0) is 18.0. The fourth-order valence-electron chi connectivity index (χ4n) is 3.15. The highest BCUT2D eigenvalue weighted by Gasteiger charge is 2.34. The van der Waals surface area contributed by atoms with Gasteiger partial charge in [-0.3, -0.25) is 4.90 Å². The van der Waals surface area contributed by atoms with E-state index in [0.29, 0.717) is 22.8 Å². The molecule has 1 atom stereocenters. The number of nitrogens with zero attached hydrogens (tertiary/aromatic N) is 1. The van der Waals surface area contributed by atoms with Gasteiger partial charge in [0.2, 0.25) is 0 Å². The van der Waals surface area contributed by atoms with Crippen LogP contribution in [-0.2, 0) is 6.42 Å². The maximum absolute atomic E-state index is 13.6. The summed E-state index contributed by atoms with van der Waals surface area (Å²) < 4.78 is 19.3. The number of benzene rings is 2. The van der Waals surface area contributed by atoms with E-state index in [0.717, 1.165) is 11.1 Å². The number of amides is 1. The number of carbonyl (C=O) groups is 1. The third-order valence-electron chi connectivity index (χ3n) is 4.20. The molecule has 0 spiro atoms. The van der Waals surface area contributed by atoms with Gasteiger partial charge in [0.05, 0.1) is 6.04 Å². The van der Waals surface area contributed by atoms with Crippen LogP contribution in [0.15, 0.2) is 49.1 Å². The molecule has 25 heavy (non-hydrogen) atoms. The predicted octanol–water partition coefficient (Wildman–Crippen LogP) is 4.67. The summed E-state index contributed by atoms with van der Waals surface area (Å²) in [6.07, 6.45) is 1.02. The topological polar surface area (TPSA) is 49.8 Å². The maximum Gasteiger partial charge on any atom is 0.408 e. The van der Waals surface area contributed by atoms with Gasteiger partial charge in [0.25, 0.3) is 0 Å². The first-order valence-electron chi connectivity index (χ1n) is 7.82. The minimum Gasteiger partial charge on any atom is -0.489 e. The van der Waals surface area contributed by atoms with E-state index < -0.39 is 12.1 Å². The van der Waals surface area contributed by atoms with Crippen molar-refractivity contribution < 1.29 is 19.0 Å². The third-order valence-corrected chi connectivity index (χ3v) is 4.44. The summed E-state index contributed by atoms with van der Waals surface area (Å²) in [5, 5.41) is 10.1. The average molecular weight is 362 g/mol. The molecule has 0 aliphatic carbocycles. The molecule has 1 heterocycles. The molecule has 1 amide bonds. The molecule has 1 aliphatic rings. The normalized spacial score (nSPS) is 16.2. The van der Waals surface area contributed by atoms with Crippen molar-refractivity contribution >= 4 is 17.7 Å². The highest BCUT2D eigenvalue weighted by atomic mass is 35.5. The Morgan fingerprint density at radius 1 is 1.36 bits per heavy atom. The van der Waals surface area contributed by atoms with E-state index in [1.54, 1.807) is 30.3 Å². The minimum atomic E-state index is -1.05. The van der Waals surface area contributed by atoms with Gasteiger partial charge in [-0.1, -0.05) is 30.3 Å². The summed E-state index contributed by atoms with van der Waals surface area (Å²) in [7, 11) is 0. The Bertz CT molecular complexity index is 824. The number of ether oxygens (including phenoxy) is 1. The summed E-state index contributed by atoms with van der Waals surface area (Å²) in [6, 6.07) is 8.90. The Morgan fingerprint density at radius 3 is 2.88 bits per heavy atom. The van der Waals surface area contributed by atoms with Crippen LogP contribution in [0, 0.1) is 5.82 Å². The zero-order valence-corrected chi connectivity index (χ0v) is 14.2. The zero-order valence-electron chi connectivity index (χ0n) is 13.4. The molecule has 6 heteroatoms. The molecular weight excluding hydrogens is 345 g/mol. The van der Waals surface area contributed by atoms with Gasteiger partial charge in [-0.25, -0.2) is 9.18 Å². The molecule has 0 saturated carbocycles. The smallest absolute Gasteiger partial charge is 0.408 e. The third kappa shape index (κ3) is 3.46. The van der Waals surface area contributed by atoms with Crippen molar-refractivity contribution in [2.24, 2.45) is 0 Å². The van der Waals surface area contributed by atoms with Gasteiger partial charge >= 0.3 is 6.09 Å². The van der Waals surface area contributed by atoms with Gasteiger partial charge in [-0.2, -0.15) is 0 Å². The minimum absolute atomic E-state index is 0.268. The number of hydrogen-bond donors (Lipinski definition) is 1. The van der Waals surface area contributed by atoms with E-state index in [-0.39, 0.29) is 19.0 Å². The fourth-order valence-corrected chi connectivity index (χ4v) is 3.33. The van der Waals surface area contributed by atoms with Crippen LogP contribution in [0.5, 0.6) is 5.75 Å². The monoisotopic (exact) mass is 361 g/mol. The highest BCUT2D eigenvalue weighted by molar-refractivity contribution is 6.30. The first-order valence-corrected chi connectivity index (χ1v) is 8.20. The number of carboxylic acid groups (broad SMARTS) is 1. The second kappa shape index (κ2) is 7.15. The molecule has 0 saturated heterocycles. The van der Waals surface area contributed by atoms with Gasteiger partial charge in [0.15, 0.2) is 0 Å². The molecule has 2 aromatic carbocycles. The standard InChI is InChI=1S/C19H17ClFNO3/c1-2-9-25-17-6-3-13(20)11-16(17)18-15-5-4-14(21)10-12(15)7-8-22(18)19(23)24/h2-6,10-11,18H,1,7-9H2,(H,23,24). The molecule has 1 unspecified atom stereocenters. The van der Waals surface area contributed by atoms with Crippen LogP contribution < -0.4 is 4.74 Å². The first-order chi connectivity index (χ1) is 12.0. The van der Waals surface area contributed by atoms with Crippen molar-refractivity contribution in [3.05, 3.63) is 76.6 Å². The van der Waals surface area contributed by atoms with Crippen LogP contribution in [0.4, 0.5) is 9.18 Å². The van der Waals surface area contributed by atoms with Crippen LogP contribution in [0.25, 0.3) is 0 Å². The maximum atomic E-state index is 13.6. The molecule has 130 valence electrons. The van der Waals surface area contributed by atoms with Gasteiger partial charge in [-0.05, 0) is 47.9 Å². The van der Waals surface area contributed by atoms with Crippen molar-refractivity contribution in [2.75, 3.05) is 13.2 Å². The Hall–Kier alpha value is -2.53. The van der Waals surface area contributed by atoms with Gasteiger partial charge in [-0.15, -0.1) is 0 Å². The average Bonchev–Trinajstić information content (AvgIpc) is 2.59. The second-order valence-corrected chi connectivity index (χ2v) is 6.19. The van der Waals surface area contributed by atoms with Gasteiger partial charge in [0.1, 0.15) is 18.2 Å². The molecule has 0 radical (unpaired) electrons. The summed E-state index contributed by atoms with van der Waals surface area (Å²) in [5.74, 6) is 0.188. The molecule has 3 rings (SSSR count). The molecular formula is C19H17ClFNO3. The van der Waals surface area contributed by atoms with Crippen LogP contribution in [0.2, 0.25) is 5.02 Å². The fraction of sp³-hybridized carbons (Fsp3) is 0.211.